The fourth-order valence-corrected chi connectivity index (χ4v) is 6.65. The van der Waals surface area contributed by atoms with Gasteiger partial charge in [-0.3, -0.25) is 0 Å². The minimum absolute atomic E-state index is 0.226. The molecule has 0 N–H and O–H groups in total. The van der Waals surface area contributed by atoms with E-state index in [1.54, 1.807) is 12.1 Å². The van der Waals surface area contributed by atoms with Gasteiger partial charge in [-0.15, -0.1) is 0 Å². The molecule has 1 saturated heterocycles. The van der Waals surface area contributed by atoms with Crippen LogP contribution in [0.1, 0.15) is 82.3 Å². The maximum Gasteiger partial charge on any atom is 0.416 e. The lowest BCUT2D eigenvalue weighted by molar-refractivity contribution is -0.380. The van der Waals surface area contributed by atoms with Gasteiger partial charge in [-0.1, -0.05) is 26.0 Å². The van der Waals surface area contributed by atoms with Crippen molar-refractivity contribution >= 4 is 0 Å². The number of hydrogen-bond acceptors (Lipinski definition) is 3. The molecule has 3 saturated carbocycles. The quantitative estimate of drug-likeness (QED) is 0.463. The summed E-state index contributed by atoms with van der Waals surface area (Å²) in [6.45, 7) is 4.55. The first-order valence-corrected chi connectivity index (χ1v) is 11.4. The second kappa shape index (κ2) is 7.21. The van der Waals surface area contributed by atoms with Crippen molar-refractivity contribution < 1.29 is 27.7 Å². The molecule has 5 rings (SSSR count). The minimum atomic E-state index is -4.29. The van der Waals surface area contributed by atoms with Gasteiger partial charge >= 0.3 is 6.18 Å². The van der Waals surface area contributed by atoms with Crippen LogP contribution in [0.25, 0.3) is 0 Å². The predicted octanol–water partition coefficient (Wildman–Crippen LogP) is 6.83. The van der Waals surface area contributed by atoms with Crippen LogP contribution >= 0.6 is 0 Å². The molecule has 30 heavy (non-hydrogen) atoms. The maximum atomic E-state index is 12.8. The van der Waals surface area contributed by atoms with E-state index in [1.165, 1.54) is 18.6 Å². The fraction of sp³-hybridized carbons (Fsp3) is 0.750. The van der Waals surface area contributed by atoms with E-state index in [9.17, 15) is 13.2 Å². The average Bonchev–Trinajstić information content (AvgIpc) is 3.07. The predicted molar refractivity (Wildman–Crippen MR) is 105 cm³/mol. The summed E-state index contributed by atoms with van der Waals surface area (Å²) >= 11 is 0. The van der Waals surface area contributed by atoms with Crippen molar-refractivity contribution in [3.8, 4) is 0 Å². The van der Waals surface area contributed by atoms with Crippen LogP contribution in [0.4, 0.5) is 13.2 Å². The van der Waals surface area contributed by atoms with Crippen LogP contribution in [-0.2, 0) is 20.7 Å². The Kier molecular flexibility index (Phi) is 4.99. The van der Waals surface area contributed by atoms with Gasteiger partial charge in [0.15, 0.2) is 0 Å². The van der Waals surface area contributed by atoms with E-state index in [2.05, 4.69) is 13.8 Å². The molecule has 6 heteroatoms. The highest BCUT2D eigenvalue weighted by Crippen LogP contribution is 2.58. The van der Waals surface area contributed by atoms with Gasteiger partial charge in [0.25, 0.3) is 0 Å². The maximum absolute atomic E-state index is 12.8. The Morgan fingerprint density at radius 1 is 0.900 bits per heavy atom. The molecule has 1 heterocycles. The molecule has 0 aromatic heterocycles. The largest absolute Gasteiger partial charge is 0.416 e. The van der Waals surface area contributed by atoms with Gasteiger partial charge in [-0.2, -0.15) is 22.9 Å². The molecule has 3 aliphatic carbocycles. The Balaban J connectivity index is 1.26. The van der Waals surface area contributed by atoms with Crippen molar-refractivity contribution in [2.45, 2.75) is 88.9 Å². The van der Waals surface area contributed by atoms with E-state index < -0.39 is 23.3 Å². The van der Waals surface area contributed by atoms with Crippen LogP contribution in [0.15, 0.2) is 24.3 Å². The molecule has 4 aliphatic rings. The Bertz CT molecular complexity index is 765. The summed E-state index contributed by atoms with van der Waals surface area (Å²) < 4.78 is 45.2. The van der Waals surface area contributed by atoms with Gasteiger partial charge in [0.2, 0.25) is 11.6 Å². The number of alkyl halides is 3. The standard InChI is InChI=1S/C24H31F3O3/c1-15-11-17-13-16(2)23(21(12-15)14-17)28-22(29-30-23)9-7-19(8-10-22)18-3-5-20(6-4-18)24(25,26)27/h3-6,15-17,19,21H,7-14H2,1-2H3. The lowest BCUT2D eigenvalue weighted by Gasteiger charge is -2.50. The normalized spacial score (nSPS) is 44.0. The lowest BCUT2D eigenvalue weighted by atomic mass is 9.62. The molecule has 166 valence electrons. The molecule has 2 bridgehead atoms. The van der Waals surface area contributed by atoms with Gasteiger partial charge in [0.05, 0.1) is 5.56 Å². The topological polar surface area (TPSA) is 27.7 Å². The van der Waals surface area contributed by atoms with Crippen molar-refractivity contribution in [3.63, 3.8) is 0 Å². The number of ether oxygens (including phenoxy) is 1. The van der Waals surface area contributed by atoms with Crippen molar-refractivity contribution in [2.24, 2.45) is 23.7 Å². The molecule has 1 aliphatic heterocycles. The van der Waals surface area contributed by atoms with E-state index in [1.807, 2.05) is 0 Å². The molecule has 3 nitrogen and oxygen atoms in total. The molecule has 1 aromatic rings. The van der Waals surface area contributed by atoms with E-state index in [-0.39, 0.29) is 5.92 Å². The Hall–Kier alpha value is -1.11. The third-order valence-electron chi connectivity index (χ3n) is 8.11. The molecule has 4 fully saturated rings. The first kappa shape index (κ1) is 20.8. The third-order valence-corrected chi connectivity index (χ3v) is 8.11. The van der Waals surface area contributed by atoms with Crippen molar-refractivity contribution in [2.75, 3.05) is 0 Å². The average molecular weight is 425 g/mol. The zero-order chi connectivity index (χ0) is 21.1. The summed E-state index contributed by atoms with van der Waals surface area (Å²) in [6, 6.07) is 5.61. The number of hydrogen-bond donors (Lipinski definition) is 0. The van der Waals surface area contributed by atoms with Gasteiger partial charge in [-0.05, 0) is 74.0 Å². The van der Waals surface area contributed by atoms with E-state index >= 15 is 0 Å². The molecule has 1 aromatic carbocycles. The molecule has 0 radical (unpaired) electrons. The monoisotopic (exact) mass is 424 g/mol. The van der Waals surface area contributed by atoms with Crippen LogP contribution in [0.2, 0.25) is 0 Å². The van der Waals surface area contributed by atoms with Crippen molar-refractivity contribution in [1.29, 1.82) is 0 Å². The SMILES string of the molecule is CC1CC2CC(C)C3(OOC4(CCC(c5ccc(C(F)(F)F)cc5)CC4)O3)C(C1)C2. The van der Waals surface area contributed by atoms with Crippen molar-refractivity contribution in [3.05, 3.63) is 35.4 Å². The smallest absolute Gasteiger partial charge is 0.312 e. The molecular weight excluding hydrogens is 393 g/mol. The second-order valence-corrected chi connectivity index (χ2v) is 10.3. The molecule has 2 spiro atoms. The van der Waals surface area contributed by atoms with Gasteiger partial charge in [0.1, 0.15) is 0 Å². The van der Waals surface area contributed by atoms with Gasteiger partial charge in [0, 0.05) is 24.7 Å². The summed E-state index contributed by atoms with van der Waals surface area (Å²) in [5.41, 5.74) is 0.365. The summed E-state index contributed by atoms with van der Waals surface area (Å²) in [7, 11) is 0. The fourth-order valence-electron chi connectivity index (χ4n) is 6.65. The van der Waals surface area contributed by atoms with Crippen LogP contribution in [0.5, 0.6) is 0 Å². The van der Waals surface area contributed by atoms with Crippen molar-refractivity contribution in [1.82, 2.24) is 0 Å². The summed E-state index contributed by atoms with van der Waals surface area (Å²) in [5, 5.41) is 0. The highest BCUT2D eigenvalue weighted by molar-refractivity contribution is 5.27. The van der Waals surface area contributed by atoms with Crippen LogP contribution in [0, 0.1) is 23.7 Å². The Labute approximate surface area is 176 Å². The Morgan fingerprint density at radius 2 is 1.60 bits per heavy atom. The van der Waals surface area contributed by atoms with Crippen LogP contribution in [-0.4, -0.2) is 11.6 Å². The van der Waals surface area contributed by atoms with E-state index in [0.717, 1.165) is 43.6 Å². The number of benzene rings is 1. The Morgan fingerprint density at radius 3 is 2.27 bits per heavy atom. The van der Waals surface area contributed by atoms with E-state index in [4.69, 9.17) is 14.5 Å². The lowest BCUT2D eigenvalue weighted by Crippen LogP contribution is -2.54. The van der Waals surface area contributed by atoms with Gasteiger partial charge in [-0.25, -0.2) is 0 Å². The number of halogens is 3. The molecule has 5 atom stereocenters. The zero-order valence-electron chi connectivity index (χ0n) is 17.7. The highest BCUT2D eigenvalue weighted by atomic mass is 19.4. The summed E-state index contributed by atoms with van der Waals surface area (Å²) in [6.07, 6.45) is 3.46. The highest BCUT2D eigenvalue weighted by Gasteiger charge is 2.62. The first-order valence-electron chi connectivity index (χ1n) is 11.4. The van der Waals surface area contributed by atoms with Gasteiger partial charge < -0.3 is 4.74 Å². The summed E-state index contributed by atoms with van der Waals surface area (Å²) in [4.78, 5) is 12.0. The van der Waals surface area contributed by atoms with E-state index in [0.29, 0.717) is 30.6 Å². The van der Waals surface area contributed by atoms with Crippen LogP contribution in [0.3, 0.4) is 0 Å². The minimum Gasteiger partial charge on any atom is -0.312 e. The molecule has 0 amide bonds. The van der Waals surface area contributed by atoms with Crippen LogP contribution < -0.4 is 0 Å². The molecule has 5 unspecified atom stereocenters. The second-order valence-electron chi connectivity index (χ2n) is 10.3. The zero-order valence-corrected chi connectivity index (χ0v) is 17.7. The summed E-state index contributed by atoms with van der Waals surface area (Å²) in [5.74, 6) is 1.03. The third kappa shape index (κ3) is 3.49. The first-order chi connectivity index (χ1) is 14.2. The number of rotatable bonds is 1. The molecular formula is C24H31F3O3. The number of fused-ring (bicyclic) bond motifs is 3.